The van der Waals surface area contributed by atoms with Crippen LogP contribution in [0.1, 0.15) is 6.92 Å². The molecule has 1 rings (SSSR count). The van der Waals surface area contributed by atoms with E-state index in [9.17, 15) is 4.57 Å². The van der Waals surface area contributed by atoms with Gasteiger partial charge in [0.05, 0.1) is 0 Å². The first kappa shape index (κ1) is 10.9. The lowest BCUT2D eigenvalue weighted by Crippen LogP contribution is -2.12. The van der Waals surface area contributed by atoms with Crippen LogP contribution in [0.15, 0.2) is 30.3 Å². The first-order valence-electron chi connectivity index (χ1n) is 4.05. The van der Waals surface area contributed by atoms with Gasteiger partial charge in [-0.3, -0.25) is 4.57 Å². The summed E-state index contributed by atoms with van der Waals surface area (Å²) < 4.78 is 17.1. The first-order chi connectivity index (χ1) is 6.65. The average molecular weight is 210 g/mol. The number of rotatable bonds is 3. The molecule has 0 spiro atoms. The van der Waals surface area contributed by atoms with E-state index in [4.69, 9.17) is 10.1 Å². The third kappa shape index (κ3) is 1.83. The van der Waals surface area contributed by atoms with Crippen molar-refractivity contribution in [3.63, 3.8) is 0 Å². The molecule has 1 unspecified atom stereocenters. The molecule has 0 fully saturated rings. The van der Waals surface area contributed by atoms with E-state index in [-0.39, 0.29) is 5.45 Å². The quantitative estimate of drug-likeness (QED) is 0.331. The monoisotopic (exact) mass is 210 g/mol. The molecule has 74 valence electrons. The van der Waals surface area contributed by atoms with Crippen LogP contribution >= 0.6 is 7.37 Å². The van der Waals surface area contributed by atoms with E-state index in [2.05, 4.69) is 4.79 Å². The number of benzene rings is 1. The van der Waals surface area contributed by atoms with Crippen molar-refractivity contribution in [1.82, 2.24) is 0 Å². The number of hydrogen-bond donors (Lipinski definition) is 0. The molecule has 4 nitrogen and oxygen atoms in total. The molecule has 0 saturated heterocycles. The molecule has 0 heterocycles. The van der Waals surface area contributed by atoms with Crippen LogP contribution in [0.5, 0.6) is 0 Å². The third-order valence-corrected chi connectivity index (χ3v) is 4.36. The Bertz CT molecular complexity index is 410. The molecular weight excluding hydrogens is 199 g/mol. The highest BCUT2D eigenvalue weighted by atomic mass is 31.2. The standard InChI is InChI=1S/C9H11N2O2P/c1-8(11-10)14(12,13-2)9-6-4-3-5-7-9/h3-7H,1-2H3. The van der Waals surface area contributed by atoms with Crippen molar-refractivity contribution < 1.29 is 13.9 Å². The molecule has 0 amide bonds. The van der Waals surface area contributed by atoms with Crippen LogP contribution in [-0.4, -0.2) is 17.4 Å². The molecule has 0 N–H and O–H groups in total. The van der Waals surface area contributed by atoms with Gasteiger partial charge < -0.3 is 10.1 Å². The highest BCUT2D eigenvalue weighted by Gasteiger charge is 2.34. The average Bonchev–Trinajstić information content (AvgIpc) is 2.28. The summed E-state index contributed by atoms with van der Waals surface area (Å²) >= 11 is 0. The zero-order valence-electron chi connectivity index (χ0n) is 8.04. The maximum absolute atomic E-state index is 12.2. The Balaban J connectivity index is 3.30. The number of hydrogen-bond acceptors (Lipinski definition) is 2. The Kier molecular flexibility index (Phi) is 3.37. The topological polar surface area (TPSA) is 62.7 Å². The highest BCUT2D eigenvalue weighted by Crippen LogP contribution is 2.45. The fraction of sp³-hybridized carbons (Fsp3) is 0.222. The van der Waals surface area contributed by atoms with Gasteiger partial charge in [-0.15, -0.1) is 0 Å². The molecule has 0 aliphatic rings. The summed E-state index contributed by atoms with van der Waals surface area (Å²) in [6, 6.07) is 8.68. The van der Waals surface area contributed by atoms with Crippen molar-refractivity contribution in [2.24, 2.45) is 0 Å². The third-order valence-electron chi connectivity index (χ3n) is 1.92. The molecule has 5 heteroatoms. The Hall–Kier alpha value is -1.21. The molecule has 1 aromatic rings. The lowest BCUT2D eigenvalue weighted by Gasteiger charge is -2.09. The van der Waals surface area contributed by atoms with Gasteiger partial charge in [-0.25, -0.2) is 0 Å². The molecular formula is C9H11N2O2P. The predicted octanol–water partition coefficient (Wildman–Crippen LogP) is 1.88. The van der Waals surface area contributed by atoms with Crippen LogP contribution in [-0.2, 0) is 9.09 Å². The highest BCUT2D eigenvalue weighted by molar-refractivity contribution is 7.82. The lowest BCUT2D eigenvalue weighted by molar-refractivity contribution is -0.00213. The van der Waals surface area contributed by atoms with E-state index in [0.29, 0.717) is 5.30 Å². The van der Waals surface area contributed by atoms with Gasteiger partial charge in [-0.05, 0) is 12.1 Å². The van der Waals surface area contributed by atoms with Crippen molar-refractivity contribution in [3.8, 4) is 0 Å². The van der Waals surface area contributed by atoms with Crippen LogP contribution < -0.4 is 5.30 Å². The Morgan fingerprint density at radius 3 is 2.43 bits per heavy atom. The van der Waals surface area contributed by atoms with E-state index in [0.717, 1.165) is 0 Å². The fourth-order valence-corrected chi connectivity index (χ4v) is 2.64. The molecule has 1 atom stereocenters. The van der Waals surface area contributed by atoms with Crippen LogP contribution in [0.4, 0.5) is 0 Å². The van der Waals surface area contributed by atoms with Gasteiger partial charge in [0.1, 0.15) is 0 Å². The Labute approximate surface area is 82.6 Å². The van der Waals surface area contributed by atoms with Gasteiger partial charge in [0.2, 0.25) is 0 Å². The maximum atomic E-state index is 12.2. The summed E-state index contributed by atoms with van der Waals surface area (Å²) in [5.41, 5.74) is 8.69. The van der Waals surface area contributed by atoms with Crippen LogP contribution in [0, 0.1) is 0 Å². The molecule has 14 heavy (non-hydrogen) atoms. The Morgan fingerprint density at radius 1 is 1.43 bits per heavy atom. The minimum absolute atomic E-state index is 0.0891. The van der Waals surface area contributed by atoms with Crippen molar-refractivity contribution in [2.75, 3.05) is 7.11 Å². The fourth-order valence-electron chi connectivity index (χ4n) is 1.11. The molecule has 0 bridgehead atoms. The summed E-state index contributed by atoms with van der Waals surface area (Å²) in [6.07, 6.45) is 0. The van der Waals surface area contributed by atoms with E-state index in [1.165, 1.54) is 14.0 Å². The second kappa shape index (κ2) is 4.34. The Morgan fingerprint density at radius 2 is 2.00 bits per heavy atom. The second-order valence-electron chi connectivity index (χ2n) is 2.72. The van der Waals surface area contributed by atoms with Crippen molar-refractivity contribution in [3.05, 3.63) is 35.9 Å². The SMILES string of the molecule is COP(=O)(C(C)=[N+]=[N-])c1ccccc1. The van der Waals surface area contributed by atoms with Crippen molar-refractivity contribution >= 4 is 18.1 Å². The minimum Gasteiger partial charge on any atom is -0.361 e. The summed E-state index contributed by atoms with van der Waals surface area (Å²) in [5.74, 6) is 0. The lowest BCUT2D eigenvalue weighted by atomic mass is 10.4. The van der Waals surface area contributed by atoms with Gasteiger partial charge in [-0.2, -0.15) is 4.79 Å². The molecule has 1 aromatic carbocycles. The van der Waals surface area contributed by atoms with Crippen LogP contribution in [0.25, 0.3) is 5.53 Å². The minimum atomic E-state index is -3.14. The first-order valence-corrected chi connectivity index (χ1v) is 5.68. The zero-order chi connectivity index (χ0) is 10.6. The van der Waals surface area contributed by atoms with E-state index >= 15 is 0 Å². The van der Waals surface area contributed by atoms with Gasteiger partial charge in [0.25, 0.3) is 0 Å². The van der Waals surface area contributed by atoms with Crippen molar-refractivity contribution in [1.29, 1.82) is 0 Å². The van der Waals surface area contributed by atoms with E-state index < -0.39 is 7.37 Å². The smallest absolute Gasteiger partial charge is 0.352 e. The normalized spacial score (nSPS) is 14.1. The van der Waals surface area contributed by atoms with E-state index in [1.807, 2.05) is 6.07 Å². The zero-order valence-corrected chi connectivity index (χ0v) is 8.94. The van der Waals surface area contributed by atoms with Gasteiger partial charge in [-0.1, -0.05) is 18.2 Å². The number of nitrogens with zero attached hydrogens (tertiary/aromatic N) is 2. The van der Waals surface area contributed by atoms with Crippen LogP contribution in [0.2, 0.25) is 0 Å². The second-order valence-corrected chi connectivity index (χ2v) is 5.35. The largest absolute Gasteiger partial charge is 0.361 e. The van der Waals surface area contributed by atoms with Gasteiger partial charge in [0.15, 0.2) is 0 Å². The molecule has 0 saturated carbocycles. The molecule has 0 aliphatic heterocycles. The maximum Gasteiger partial charge on any atom is 0.352 e. The van der Waals surface area contributed by atoms with Crippen molar-refractivity contribution in [2.45, 2.75) is 6.92 Å². The molecule has 0 aliphatic carbocycles. The van der Waals surface area contributed by atoms with E-state index in [1.54, 1.807) is 24.3 Å². The molecule has 0 aromatic heterocycles. The van der Waals surface area contributed by atoms with Gasteiger partial charge >= 0.3 is 12.8 Å². The summed E-state index contributed by atoms with van der Waals surface area (Å²) in [7, 11) is -1.81. The predicted molar refractivity (Wildman–Crippen MR) is 55.0 cm³/mol. The van der Waals surface area contributed by atoms with Gasteiger partial charge in [0, 0.05) is 19.3 Å². The van der Waals surface area contributed by atoms with Crippen LogP contribution in [0.3, 0.4) is 0 Å². The summed E-state index contributed by atoms with van der Waals surface area (Å²) in [6.45, 7) is 1.47. The molecule has 0 radical (unpaired) electrons. The summed E-state index contributed by atoms with van der Waals surface area (Å²) in [4.78, 5) is 2.94. The summed E-state index contributed by atoms with van der Waals surface area (Å²) in [5, 5.41) is 0.526.